The lowest BCUT2D eigenvalue weighted by atomic mass is 9.97. The lowest BCUT2D eigenvalue weighted by Crippen LogP contribution is -2.41. The van der Waals surface area contributed by atoms with E-state index in [1.165, 1.54) is 16.8 Å². The number of hydrogen-bond acceptors (Lipinski definition) is 6. The molecule has 1 N–H and O–H groups in total. The van der Waals surface area contributed by atoms with Crippen LogP contribution in [-0.2, 0) is 14.8 Å². The highest BCUT2D eigenvalue weighted by Gasteiger charge is 2.36. The Labute approximate surface area is 223 Å². The van der Waals surface area contributed by atoms with Gasteiger partial charge in [0, 0.05) is 30.3 Å². The van der Waals surface area contributed by atoms with E-state index in [1.807, 2.05) is 26.8 Å². The molecule has 4 rings (SSSR count). The number of ketones is 1. The molecular weight excluding hydrogens is 502 g/mol. The molecule has 2 heterocycles. The van der Waals surface area contributed by atoms with Crippen molar-refractivity contribution in [2.75, 3.05) is 18.4 Å². The zero-order chi connectivity index (χ0) is 27.6. The van der Waals surface area contributed by atoms with E-state index < -0.39 is 10.0 Å². The Balaban J connectivity index is 1.45. The second-order valence-corrected chi connectivity index (χ2v) is 11.8. The van der Waals surface area contributed by atoms with Crippen molar-refractivity contribution in [2.24, 2.45) is 5.92 Å². The highest BCUT2D eigenvalue weighted by Crippen LogP contribution is 2.30. The molecule has 1 aromatic heterocycles. The summed E-state index contributed by atoms with van der Waals surface area (Å²) in [7, 11) is -3.87. The van der Waals surface area contributed by atoms with Gasteiger partial charge in [-0.25, -0.2) is 8.42 Å². The molecule has 0 saturated carbocycles. The number of hydrogen-bond donors (Lipinski definition) is 1. The molecule has 8 nitrogen and oxygen atoms in total. The molecule has 0 aliphatic carbocycles. The molecule has 1 aliphatic rings. The second kappa shape index (κ2) is 11.0. The number of carbonyl (C=O) groups is 2. The SMILES string of the molecule is CC(=O)c1ccc(NC(=O)C2CCN(S(=O)(=O)c3c(C)noc3C=Cc3c(C)cc(C)cc3C)CC2)cc1. The third-order valence-electron chi connectivity index (χ3n) is 6.95. The molecule has 1 aliphatic heterocycles. The van der Waals surface area contributed by atoms with Crippen molar-refractivity contribution in [3.63, 3.8) is 0 Å². The van der Waals surface area contributed by atoms with Crippen LogP contribution in [0.1, 0.15) is 63.8 Å². The van der Waals surface area contributed by atoms with E-state index in [4.69, 9.17) is 4.52 Å². The van der Waals surface area contributed by atoms with Crippen molar-refractivity contribution in [3.8, 4) is 0 Å². The maximum absolute atomic E-state index is 13.6. The summed E-state index contributed by atoms with van der Waals surface area (Å²) < 4.78 is 34.0. The highest BCUT2D eigenvalue weighted by atomic mass is 32.2. The van der Waals surface area contributed by atoms with Gasteiger partial charge in [0.25, 0.3) is 0 Å². The molecule has 9 heteroatoms. The number of rotatable bonds is 7. The van der Waals surface area contributed by atoms with Crippen molar-refractivity contribution >= 4 is 39.6 Å². The molecule has 200 valence electrons. The fourth-order valence-corrected chi connectivity index (χ4v) is 6.65. The van der Waals surface area contributed by atoms with Crippen LogP contribution in [0, 0.1) is 33.6 Å². The monoisotopic (exact) mass is 535 g/mol. The summed E-state index contributed by atoms with van der Waals surface area (Å²) in [6.45, 7) is 9.61. The molecule has 2 aromatic carbocycles. The van der Waals surface area contributed by atoms with Gasteiger partial charge in [0.2, 0.25) is 15.9 Å². The summed E-state index contributed by atoms with van der Waals surface area (Å²) in [5.74, 6) is -0.329. The molecule has 38 heavy (non-hydrogen) atoms. The van der Waals surface area contributed by atoms with Crippen LogP contribution in [0.5, 0.6) is 0 Å². The Hall–Kier alpha value is -3.56. The first-order chi connectivity index (χ1) is 18.0. The predicted octanol–water partition coefficient (Wildman–Crippen LogP) is 5.32. The number of aromatic nitrogens is 1. The number of aryl methyl sites for hydroxylation is 4. The van der Waals surface area contributed by atoms with Gasteiger partial charge in [0.1, 0.15) is 5.69 Å². The Morgan fingerprint density at radius 2 is 1.61 bits per heavy atom. The molecule has 0 unspecified atom stereocenters. The minimum Gasteiger partial charge on any atom is -0.355 e. The number of amides is 1. The average Bonchev–Trinajstić information content (AvgIpc) is 3.24. The summed E-state index contributed by atoms with van der Waals surface area (Å²) in [5, 5.41) is 6.81. The van der Waals surface area contributed by atoms with Crippen LogP contribution in [0.15, 0.2) is 45.8 Å². The second-order valence-electron chi connectivity index (χ2n) is 9.91. The first kappa shape index (κ1) is 27.5. The quantitative estimate of drug-likeness (QED) is 0.410. The minimum atomic E-state index is -3.87. The largest absolute Gasteiger partial charge is 0.355 e. The standard InChI is InChI=1S/C29H33N3O5S/c1-18-16-19(2)26(20(3)17-18)10-11-27-28(21(4)31-37-27)38(35,36)32-14-12-24(13-15-32)29(34)30-25-8-6-23(7-9-25)22(5)33/h6-11,16-17,24H,12-15H2,1-5H3,(H,30,34). The first-order valence-electron chi connectivity index (χ1n) is 12.6. The van der Waals surface area contributed by atoms with Gasteiger partial charge < -0.3 is 9.84 Å². The molecule has 1 saturated heterocycles. The maximum Gasteiger partial charge on any atom is 0.248 e. The van der Waals surface area contributed by atoms with Crippen LogP contribution in [0.2, 0.25) is 0 Å². The topological polar surface area (TPSA) is 110 Å². The van der Waals surface area contributed by atoms with Gasteiger partial charge in [-0.15, -0.1) is 0 Å². The lowest BCUT2D eigenvalue weighted by Gasteiger charge is -2.30. The zero-order valence-electron chi connectivity index (χ0n) is 22.4. The number of benzene rings is 2. The van der Waals surface area contributed by atoms with Gasteiger partial charge >= 0.3 is 0 Å². The molecule has 0 spiro atoms. The molecule has 3 aromatic rings. The van der Waals surface area contributed by atoms with Gasteiger partial charge in [0.05, 0.1) is 0 Å². The molecular formula is C29H33N3O5S. The number of nitrogens with zero attached hydrogens (tertiary/aromatic N) is 2. The summed E-state index contributed by atoms with van der Waals surface area (Å²) >= 11 is 0. The number of anilines is 1. The Kier molecular flexibility index (Phi) is 7.99. The van der Waals surface area contributed by atoms with Crippen LogP contribution in [-0.4, -0.2) is 42.7 Å². The molecule has 1 amide bonds. The van der Waals surface area contributed by atoms with E-state index in [-0.39, 0.29) is 41.4 Å². The van der Waals surface area contributed by atoms with Crippen molar-refractivity contribution in [3.05, 3.63) is 75.7 Å². The van der Waals surface area contributed by atoms with Gasteiger partial charge in [-0.1, -0.05) is 28.9 Å². The van der Waals surface area contributed by atoms with E-state index in [0.29, 0.717) is 29.8 Å². The summed E-state index contributed by atoms with van der Waals surface area (Å²) in [6.07, 6.45) is 4.32. The van der Waals surface area contributed by atoms with Gasteiger partial charge in [0.15, 0.2) is 16.4 Å². The zero-order valence-corrected chi connectivity index (χ0v) is 23.2. The van der Waals surface area contributed by atoms with Gasteiger partial charge in [-0.2, -0.15) is 4.31 Å². The fraction of sp³-hybridized carbons (Fsp3) is 0.345. The van der Waals surface area contributed by atoms with Crippen molar-refractivity contribution in [1.82, 2.24) is 9.46 Å². The number of piperidine rings is 1. The van der Waals surface area contributed by atoms with Crippen LogP contribution >= 0.6 is 0 Å². The first-order valence-corrected chi connectivity index (χ1v) is 14.1. The third-order valence-corrected chi connectivity index (χ3v) is 9.01. The van der Waals surface area contributed by atoms with Crippen molar-refractivity contribution < 1.29 is 22.5 Å². The molecule has 1 fully saturated rings. The van der Waals surface area contributed by atoms with Crippen LogP contribution < -0.4 is 5.32 Å². The minimum absolute atomic E-state index is 0.0430. The number of sulfonamides is 1. The van der Waals surface area contributed by atoms with Gasteiger partial charge in [-0.3, -0.25) is 9.59 Å². The van der Waals surface area contributed by atoms with E-state index in [0.717, 1.165) is 16.7 Å². The smallest absolute Gasteiger partial charge is 0.248 e. The predicted molar refractivity (Wildman–Crippen MR) is 147 cm³/mol. The Bertz CT molecular complexity index is 1470. The van der Waals surface area contributed by atoms with Crippen LogP contribution in [0.3, 0.4) is 0 Å². The average molecular weight is 536 g/mol. The number of Topliss-reactive ketones (excluding diaryl/α,β-unsaturated/α-hetero) is 1. The fourth-order valence-electron chi connectivity index (χ4n) is 4.93. The van der Waals surface area contributed by atoms with Gasteiger partial charge in [-0.05, 0) is 94.5 Å². The number of carbonyl (C=O) groups excluding carboxylic acids is 2. The Morgan fingerprint density at radius 1 is 1.00 bits per heavy atom. The summed E-state index contributed by atoms with van der Waals surface area (Å²) in [4.78, 5) is 24.3. The maximum atomic E-state index is 13.6. The van der Waals surface area contributed by atoms with Crippen LogP contribution in [0.4, 0.5) is 5.69 Å². The third kappa shape index (κ3) is 5.79. The van der Waals surface area contributed by atoms with E-state index in [2.05, 4.69) is 22.6 Å². The molecule has 0 bridgehead atoms. The van der Waals surface area contributed by atoms with Crippen molar-refractivity contribution in [2.45, 2.75) is 52.4 Å². The molecule has 0 radical (unpaired) electrons. The summed E-state index contributed by atoms with van der Waals surface area (Å²) in [5.41, 5.74) is 5.84. The van der Waals surface area contributed by atoms with E-state index >= 15 is 0 Å². The molecule has 0 atom stereocenters. The highest BCUT2D eigenvalue weighted by molar-refractivity contribution is 7.89. The number of nitrogens with one attached hydrogen (secondary N) is 1. The van der Waals surface area contributed by atoms with Crippen LogP contribution in [0.25, 0.3) is 12.2 Å². The summed E-state index contributed by atoms with van der Waals surface area (Å²) in [6, 6.07) is 10.9. The lowest BCUT2D eigenvalue weighted by molar-refractivity contribution is -0.120. The van der Waals surface area contributed by atoms with E-state index in [1.54, 1.807) is 37.3 Å². The normalized spacial score (nSPS) is 15.2. The van der Waals surface area contributed by atoms with Crippen molar-refractivity contribution in [1.29, 1.82) is 0 Å². The van der Waals surface area contributed by atoms with E-state index in [9.17, 15) is 18.0 Å². The Morgan fingerprint density at radius 3 is 2.18 bits per heavy atom.